The lowest BCUT2D eigenvalue weighted by atomic mass is 10.1. The summed E-state index contributed by atoms with van der Waals surface area (Å²) in [6, 6.07) is 5.18. The molecular formula is C19H24N2O5. The van der Waals surface area contributed by atoms with Gasteiger partial charge in [0.1, 0.15) is 18.5 Å². The van der Waals surface area contributed by atoms with Crippen molar-refractivity contribution in [2.24, 2.45) is 0 Å². The molecule has 0 spiro atoms. The van der Waals surface area contributed by atoms with E-state index in [1.807, 2.05) is 6.08 Å². The molecule has 0 saturated heterocycles. The summed E-state index contributed by atoms with van der Waals surface area (Å²) < 4.78 is 5.85. The molecule has 2 rings (SSSR count). The standard InChI is InChI=1S/C19H24N2O5/c1-20-18(24)17(16(23)12-22)21(2)19(25)13-8-10-15(11-9-13)26-14-6-4-3-5-7-14/h4,6,8-11,14,17,22H,3,5,7,12H2,1-2H3,(H,20,24). The maximum Gasteiger partial charge on any atom is 0.254 e. The van der Waals surface area contributed by atoms with Crippen LogP contribution in [-0.4, -0.2) is 60.5 Å². The number of nitrogens with one attached hydrogen (secondary N) is 1. The minimum absolute atomic E-state index is 0.0350. The van der Waals surface area contributed by atoms with E-state index in [1.54, 1.807) is 24.3 Å². The van der Waals surface area contributed by atoms with Crippen LogP contribution in [0.4, 0.5) is 0 Å². The molecule has 1 aromatic rings. The third-order valence-electron chi connectivity index (χ3n) is 4.26. The fourth-order valence-corrected chi connectivity index (χ4v) is 2.81. The van der Waals surface area contributed by atoms with Gasteiger partial charge in [0.2, 0.25) is 5.91 Å². The summed E-state index contributed by atoms with van der Waals surface area (Å²) in [7, 11) is 2.72. The zero-order valence-electron chi connectivity index (χ0n) is 15.0. The lowest BCUT2D eigenvalue weighted by Crippen LogP contribution is -2.52. The van der Waals surface area contributed by atoms with Gasteiger partial charge in [0.15, 0.2) is 11.8 Å². The quantitative estimate of drug-likeness (QED) is 0.557. The van der Waals surface area contributed by atoms with Gasteiger partial charge in [-0.3, -0.25) is 14.4 Å². The Hall–Kier alpha value is -2.67. The van der Waals surface area contributed by atoms with Crippen LogP contribution < -0.4 is 10.1 Å². The van der Waals surface area contributed by atoms with Gasteiger partial charge in [-0.25, -0.2) is 0 Å². The van der Waals surface area contributed by atoms with Gasteiger partial charge in [0, 0.05) is 19.7 Å². The second-order valence-electron chi connectivity index (χ2n) is 6.10. The predicted molar refractivity (Wildman–Crippen MR) is 95.9 cm³/mol. The van der Waals surface area contributed by atoms with Crippen LogP contribution in [0.1, 0.15) is 29.6 Å². The third-order valence-corrected chi connectivity index (χ3v) is 4.26. The smallest absolute Gasteiger partial charge is 0.254 e. The van der Waals surface area contributed by atoms with Crippen LogP contribution in [0, 0.1) is 0 Å². The summed E-state index contributed by atoms with van der Waals surface area (Å²) in [6.07, 6.45) is 7.27. The first-order chi connectivity index (χ1) is 12.5. The van der Waals surface area contributed by atoms with Crippen molar-refractivity contribution < 1.29 is 24.2 Å². The molecule has 0 heterocycles. The molecule has 140 valence electrons. The van der Waals surface area contributed by atoms with Gasteiger partial charge >= 0.3 is 0 Å². The van der Waals surface area contributed by atoms with Crippen molar-refractivity contribution in [2.45, 2.75) is 31.4 Å². The number of hydrogen-bond donors (Lipinski definition) is 2. The molecule has 2 unspecified atom stereocenters. The van der Waals surface area contributed by atoms with Gasteiger partial charge in [-0.05, 0) is 49.6 Å². The molecule has 26 heavy (non-hydrogen) atoms. The molecule has 1 aliphatic rings. The topological polar surface area (TPSA) is 95.9 Å². The van der Waals surface area contributed by atoms with Crippen molar-refractivity contribution in [3.05, 3.63) is 42.0 Å². The van der Waals surface area contributed by atoms with Crippen LogP contribution in [0.3, 0.4) is 0 Å². The third kappa shape index (κ3) is 4.70. The van der Waals surface area contributed by atoms with Crippen LogP contribution in [-0.2, 0) is 9.59 Å². The van der Waals surface area contributed by atoms with Gasteiger partial charge in [-0.15, -0.1) is 0 Å². The van der Waals surface area contributed by atoms with Crippen LogP contribution in [0.2, 0.25) is 0 Å². The molecule has 0 radical (unpaired) electrons. The van der Waals surface area contributed by atoms with Gasteiger partial charge in [-0.1, -0.05) is 6.08 Å². The van der Waals surface area contributed by atoms with E-state index in [2.05, 4.69) is 11.4 Å². The molecule has 0 bridgehead atoms. The Morgan fingerprint density at radius 2 is 2.00 bits per heavy atom. The molecule has 2 amide bonds. The predicted octanol–water partition coefficient (Wildman–Crippen LogP) is 0.922. The van der Waals surface area contributed by atoms with E-state index >= 15 is 0 Å². The highest BCUT2D eigenvalue weighted by molar-refractivity contribution is 6.10. The second-order valence-corrected chi connectivity index (χ2v) is 6.10. The molecule has 2 atom stereocenters. The molecule has 1 aliphatic carbocycles. The average Bonchev–Trinajstić information content (AvgIpc) is 2.68. The number of aliphatic hydroxyl groups excluding tert-OH is 1. The number of rotatable bonds is 7. The summed E-state index contributed by atoms with van der Waals surface area (Å²) >= 11 is 0. The van der Waals surface area contributed by atoms with Crippen molar-refractivity contribution in [2.75, 3.05) is 20.7 Å². The number of benzene rings is 1. The number of aliphatic hydroxyl groups is 1. The zero-order chi connectivity index (χ0) is 19.1. The van der Waals surface area contributed by atoms with Crippen LogP contribution in [0.15, 0.2) is 36.4 Å². The van der Waals surface area contributed by atoms with Crippen LogP contribution in [0.25, 0.3) is 0 Å². The van der Waals surface area contributed by atoms with Gasteiger partial charge < -0.3 is 20.1 Å². The van der Waals surface area contributed by atoms with E-state index in [0.29, 0.717) is 11.3 Å². The number of nitrogens with zero attached hydrogens (tertiary/aromatic N) is 1. The van der Waals surface area contributed by atoms with E-state index in [9.17, 15) is 14.4 Å². The molecule has 0 aromatic heterocycles. The van der Waals surface area contributed by atoms with E-state index in [4.69, 9.17) is 9.84 Å². The lowest BCUT2D eigenvalue weighted by molar-refractivity contribution is -0.135. The highest BCUT2D eigenvalue weighted by Crippen LogP contribution is 2.20. The Kier molecular flexibility index (Phi) is 6.91. The van der Waals surface area contributed by atoms with Crippen LogP contribution >= 0.6 is 0 Å². The van der Waals surface area contributed by atoms with Crippen molar-refractivity contribution in [3.63, 3.8) is 0 Å². The number of amides is 2. The molecular weight excluding hydrogens is 336 g/mol. The Morgan fingerprint density at radius 3 is 2.54 bits per heavy atom. The number of hydrogen-bond acceptors (Lipinski definition) is 5. The summed E-state index contributed by atoms with van der Waals surface area (Å²) in [5.41, 5.74) is 0.318. The van der Waals surface area contributed by atoms with E-state index < -0.39 is 30.2 Å². The lowest BCUT2D eigenvalue weighted by Gasteiger charge is -2.25. The normalized spacial score (nSPS) is 17.3. The van der Waals surface area contributed by atoms with E-state index in [0.717, 1.165) is 24.2 Å². The van der Waals surface area contributed by atoms with Crippen molar-refractivity contribution >= 4 is 17.6 Å². The second kappa shape index (κ2) is 9.15. The SMILES string of the molecule is CNC(=O)C(C(=O)CO)N(C)C(=O)c1ccc(OC2C=CCCC2)cc1. The Balaban J connectivity index is 2.09. The maximum absolute atomic E-state index is 12.6. The van der Waals surface area contributed by atoms with Crippen molar-refractivity contribution in [1.29, 1.82) is 0 Å². The summed E-state index contributed by atoms with van der Waals surface area (Å²) in [4.78, 5) is 37.3. The largest absolute Gasteiger partial charge is 0.486 e. The van der Waals surface area contributed by atoms with Crippen molar-refractivity contribution in [1.82, 2.24) is 10.2 Å². The van der Waals surface area contributed by atoms with Crippen LogP contribution in [0.5, 0.6) is 5.75 Å². The average molecular weight is 360 g/mol. The number of likely N-dealkylation sites (N-methyl/N-ethyl adjacent to an activating group) is 2. The number of carbonyl (C=O) groups is 3. The van der Waals surface area contributed by atoms with E-state index in [-0.39, 0.29) is 6.10 Å². The Labute approximate surface area is 152 Å². The van der Waals surface area contributed by atoms with Gasteiger partial charge in [-0.2, -0.15) is 0 Å². The molecule has 1 aromatic carbocycles. The minimum Gasteiger partial charge on any atom is -0.486 e. The molecule has 0 saturated carbocycles. The molecule has 7 heteroatoms. The Bertz CT molecular complexity index is 668. The number of ether oxygens (including phenoxy) is 1. The number of Topliss-reactive ketones (excluding diaryl/α,β-unsaturated/α-hetero) is 1. The zero-order valence-corrected chi connectivity index (χ0v) is 15.0. The molecule has 0 aliphatic heterocycles. The number of allylic oxidation sites excluding steroid dienone is 1. The summed E-state index contributed by atoms with van der Waals surface area (Å²) in [5, 5.41) is 11.4. The monoisotopic (exact) mass is 360 g/mol. The molecule has 0 fully saturated rings. The molecule has 7 nitrogen and oxygen atoms in total. The fraction of sp³-hybridized carbons (Fsp3) is 0.421. The fourth-order valence-electron chi connectivity index (χ4n) is 2.81. The minimum atomic E-state index is -1.37. The highest BCUT2D eigenvalue weighted by atomic mass is 16.5. The van der Waals surface area contributed by atoms with Gasteiger partial charge in [0.25, 0.3) is 5.91 Å². The van der Waals surface area contributed by atoms with E-state index in [1.165, 1.54) is 14.1 Å². The first-order valence-corrected chi connectivity index (χ1v) is 8.53. The molecule has 2 N–H and O–H groups in total. The maximum atomic E-state index is 12.6. The Morgan fingerprint density at radius 1 is 1.31 bits per heavy atom. The first-order valence-electron chi connectivity index (χ1n) is 8.53. The summed E-state index contributed by atoms with van der Waals surface area (Å²) in [5.74, 6) is -1.24. The highest BCUT2D eigenvalue weighted by Gasteiger charge is 2.32. The number of carbonyl (C=O) groups excluding carboxylic acids is 3. The summed E-state index contributed by atoms with van der Waals surface area (Å²) in [6.45, 7) is -0.822. The van der Waals surface area contributed by atoms with Gasteiger partial charge in [0.05, 0.1) is 0 Å². The number of ketones is 1. The first kappa shape index (κ1) is 19.7. The van der Waals surface area contributed by atoms with Crippen molar-refractivity contribution in [3.8, 4) is 5.75 Å².